The Kier molecular flexibility index (Phi) is 7.25. The summed E-state index contributed by atoms with van der Waals surface area (Å²) in [6, 6.07) is 0. The molecule has 0 atom stereocenters. The molecule has 0 saturated heterocycles. The minimum atomic E-state index is -0.373. The summed E-state index contributed by atoms with van der Waals surface area (Å²) in [6.45, 7) is 4.11. The Morgan fingerprint density at radius 3 is 2.35 bits per heavy atom. The zero-order valence-corrected chi connectivity index (χ0v) is 13.0. The number of unbranched alkanes of at least 4 members (excludes halogenated alkanes) is 1. The summed E-state index contributed by atoms with van der Waals surface area (Å²) >= 11 is 0. The lowest BCUT2D eigenvalue weighted by atomic mass is 9.67. The van der Waals surface area contributed by atoms with E-state index in [1.165, 1.54) is 18.9 Å². The molecule has 1 fully saturated rings. The highest BCUT2D eigenvalue weighted by Gasteiger charge is 2.33. The number of ketones is 1. The van der Waals surface area contributed by atoms with Crippen molar-refractivity contribution in [1.29, 1.82) is 0 Å². The van der Waals surface area contributed by atoms with E-state index >= 15 is 0 Å². The second kappa shape index (κ2) is 8.43. The van der Waals surface area contributed by atoms with Gasteiger partial charge in [-0.05, 0) is 43.9 Å². The van der Waals surface area contributed by atoms with Crippen LogP contribution < -0.4 is 0 Å². The number of hydrogen-bond donors (Lipinski definition) is 1. The molecule has 116 valence electrons. The van der Waals surface area contributed by atoms with Crippen LogP contribution in [0, 0.1) is 11.3 Å². The van der Waals surface area contributed by atoms with E-state index in [0.29, 0.717) is 24.7 Å². The highest BCUT2D eigenvalue weighted by Crippen LogP contribution is 2.45. The monoisotopic (exact) mass is 284 g/mol. The first-order chi connectivity index (χ1) is 9.56. The Morgan fingerprint density at radius 2 is 1.85 bits per heavy atom. The summed E-state index contributed by atoms with van der Waals surface area (Å²) in [6.07, 6.45) is 9.34. The summed E-state index contributed by atoms with van der Waals surface area (Å²) in [4.78, 5) is 11.7. The van der Waals surface area contributed by atoms with Crippen molar-refractivity contribution in [3.63, 3.8) is 0 Å². The summed E-state index contributed by atoms with van der Waals surface area (Å²) in [5, 5.41) is 10.1. The highest BCUT2D eigenvalue weighted by molar-refractivity contribution is 5.89. The van der Waals surface area contributed by atoms with Gasteiger partial charge < -0.3 is 5.11 Å². The average molecular weight is 284 g/mol. The van der Waals surface area contributed by atoms with E-state index in [2.05, 4.69) is 13.8 Å². The van der Waals surface area contributed by atoms with Crippen molar-refractivity contribution in [2.45, 2.75) is 71.6 Å². The molecule has 20 heavy (non-hydrogen) atoms. The van der Waals surface area contributed by atoms with Crippen LogP contribution in [0.3, 0.4) is 0 Å². The van der Waals surface area contributed by atoms with E-state index in [0.717, 1.165) is 25.7 Å². The molecule has 0 unspecified atom stereocenters. The molecule has 0 spiro atoms. The second-order valence-corrected chi connectivity index (χ2v) is 6.16. The maximum atomic E-state index is 12.0. The molecule has 1 saturated carbocycles. The topological polar surface area (TPSA) is 37.3 Å². The predicted octanol–water partition coefficient (Wildman–Crippen LogP) is 5.13. The van der Waals surface area contributed by atoms with Gasteiger partial charge in [-0.2, -0.15) is 0 Å². The van der Waals surface area contributed by atoms with Crippen molar-refractivity contribution in [2.24, 2.45) is 11.3 Å². The van der Waals surface area contributed by atoms with Gasteiger partial charge in [0, 0.05) is 18.4 Å². The Bertz CT molecular complexity index is 322. The fraction of sp³-hybridized carbons (Fsp3) is 0.824. The number of hydrogen-bond acceptors (Lipinski definition) is 2. The van der Waals surface area contributed by atoms with Crippen LogP contribution in [0.5, 0.6) is 0 Å². The van der Waals surface area contributed by atoms with E-state index in [1.807, 2.05) is 0 Å². The molecule has 0 bridgehead atoms. The SMILES string of the molecule is CCC1(CC)CCC(/C(O)=C/C(=O)CCCCF)CC1. The first kappa shape index (κ1) is 17.2. The van der Waals surface area contributed by atoms with E-state index in [4.69, 9.17) is 0 Å². The number of alkyl halides is 1. The molecule has 1 aliphatic rings. The van der Waals surface area contributed by atoms with Crippen LogP contribution in [-0.2, 0) is 4.79 Å². The normalized spacial score (nSPS) is 20.1. The van der Waals surface area contributed by atoms with Crippen LogP contribution in [-0.4, -0.2) is 17.6 Å². The van der Waals surface area contributed by atoms with Gasteiger partial charge in [0.1, 0.15) is 0 Å². The van der Waals surface area contributed by atoms with Gasteiger partial charge >= 0.3 is 0 Å². The number of carbonyl (C=O) groups is 1. The third-order valence-corrected chi connectivity index (χ3v) is 5.08. The molecule has 0 aromatic heterocycles. The zero-order chi connectivity index (χ0) is 15.0. The third-order valence-electron chi connectivity index (χ3n) is 5.08. The number of rotatable bonds is 8. The number of allylic oxidation sites excluding steroid dienone is 2. The van der Waals surface area contributed by atoms with Crippen LogP contribution >= 0.6 is 0 Å². The summed E-state index contributed by atoms with van der Waals surface area (Å²) in [7, 11) is 0. The first-order valence-electron chi connectivity index (χ1n) is 8.06. The van der Waals surface area contributed by atoms with E-state index < -0.39 is 0 Å². The molecule has 2 nitrogen and oxygen atoms in total. The van der Waals surface area contributed by atoms with Crippen LogP contribution in [0.2, 0.25) is 0 Å². The van der Waals surface area contributed by atoms with Gasteiger partial charge in [-0.15, -0.1) is 0 Å². The summed E-state index contributed by atoms with van der Waals surface area (Å²) < 4.78 is 12.0. The van der Waals surface area contributed by atoms with E-state index in [1.54, 1.807) is 0 Å². The molecular formula is C17H29FO2. The van der Waals surface area contributed by atoms with Crippen molar-refractivity contribution in [3.05, 3.63) is 11.8 Å². The van der Waals surface area contributed by atoms with Gasteiger partial charge in [0.05, 0.1) is 12.4 Å². The van der Waals surface area contributed by atoms with Gasteiger partial charge in [-0.25, -0.2) is 0 Å². The molecular weight excluding hydrogens is 255 g/mol. The Labute approximate surface area is 122 Å². The first-order valence-corrected chi connectivity index (χ1v) is 8.06. The molecule has 1 aliphatic carbocycles. The van der Waals surface area contributed by atoms with Crippen molar-refractivity contribution in [2.75, 3.05) is 6.67 Å². The Hall–Kier alpha value is -0.860. The minimum absolute atomic E-state index is 0.0706. The van der Waals surface area contributed by atoms with Gasteiger partial charge in [0.2, 0.25) is 0 Å². The Morgan fingerprint density at radius 1 is 1.25 bits per heavy atom. The van der Waals surface area contributed by atoms with E-state index in [-0.39, 0.29) is 24.1 Å². The molecule has 0 amide bonds. The Balaban J connectivity index is 2.45. The van der Waals surface area contributed by atoms with E-state index in [9.17, 15) is 14.3 Å². The largest absolute Gasteiger partial charge is 0.512 e. The van der Waals surface area contributed by atoms with Crippen molar-refractivity contribution in [3.8, 4) is 0 Å². The van der Waals surface area contributed by atoms with Gasteiger partial charge in [-0.3, -0.25) is 9.18 Å². The van der Waals surface area contributed by atoms with Crippen molar-refractivity contribution in [1.82, 2.24) is 0 Å². The standard InChI is InChI=1S/C17H29FO2/c1-3-17(4-2)10-8-14(9-11-17)16(20)13-15(19)7-5-6-12-18/h13-14,20H,3-12H2,1-2H3/b16-13-. The number of aliphatic hydroxyl groups excluding tert-OH is 1. The van der Waals surface area contributed by atoms with Crippen LogP contribution in [0.15, 0.2) is 11.8 Å². The lowest BCUT2D eigenvalue weighted by molar-refractivity contribution is -0.114. The number of carbonyl (C=O) groups excluding carboxylic acids is 1. The number of halogens is 1. The molecule has 0 aliphatic heterocycles. The minimum Gasteiger partial charge on any atom is -0.512 e. The van der Waals surface area contributed by atoms with Gasteiger partial charge in [0.15, 0.2) is 5.78 Å². The smallest absolute Gasteiger partial charge is 0.159 e. The molecule has 0 aromatic rings. The summed E-state index contributed by atoms with van der Waals surface area (Å²) in [5.74, 6) is 0.321. The lowest BCUT2D eigenvalue weighted by Crippen LogP contribution is -2.27. The third kappa shape index (κ3) is 4.92. The maximum Gasteiger partial charge on any atom is 0.159 e. The lowest BCUT2D eigenvalue weighted by Gasteiger charge is -2.38. The number of aliphatic hydroxyl groups is 1. The zero-order valence-electron chi connectivity index (χ0n) is 13.0. The molecule has 1 rings (SSSR count). The van der Waals surface area contributed by atoms with Crippen LogP contribution in [0.1, 0.15) is 71.6 Å². The summed E-state index contributed by atoms with van der Waals surface area (Å²) in [5.41, 5.74) is 0.446. The van der Waals surface area contributed by atoms with Crippen LogP contribution in [0.25, 0.3) is 0 Å². The van der Waals surface area contributed by atoms with Crippen molar-refractivity contribution >= 4 is 5.78 Å². The molecule has 1 N–H and O–H groups in total. The molecule has 0 heterocycles. The molecule has 0 aromatic carbocycles. The second-order valence-electron chi connectivity index (χ2n) is 6.16. The fourth-order valence-electron chi connectivity index (χ4n) is 3.23. The highest BCUT2D eigenvalue weighted by atomic mass is 19.1. The van der Waals surface area contributed by atoms with Crippen LogP contribution in [0.4, 0.5) is 4.39 Å². The van der Waals surface area contributed by atoms with Gasteiger partial charge in [0.25, 0.3) is 0 Å². The van der Waals surface area contributed by atoms with Crippen molar-refractivity contribution < 1.29 is 14.3 Å². The predicted molar refractivity (Wildman–Crippen MR) is 80.5 cm³/mol. The average Bonchev–Trinajstić information content (AvgIpc) is 2.47. The molecule has 0 radical (unpaired) electrons. The maximum absolute atomic E-state index is 12.0. The fourth-order valence-corrected chi connectivity index (χ4v) is 3.23. The molecule has 3 heteroatoms. The quantitative estimate of drug-likeness (QED) is 0.381. The van der Waals surface area contributed by atoms with Gasteiger partial charge in [-0.1, -0.05) is 26.7 Å².